The molecule has 0 N–H and O–H groups in total. The van der Waals surface area contributed by atoms with E-state index in [2.05, 4.69) is 32.6 Å². The van der Waals surface area contributed by atoms with Gasteiger partial charge in [-0.2, -0.15) is 7.11 Å². The van der Waals surface area contributed by atoms with Crippen LogP contribution in [0.25, 0.3) is 0 Å². The predicted octanol–water partition coefficient (Wildman–Crippen LogP) is 3.17. The summed E-state index contributed by atoms with van der Waals surface area (Å²) in [5.74, 6) is -0.228. The van der Waals surface area contributed by atoms with E-state index < -0.39 is 5.41 Å². The molecule has 2 nitrogen and oxygen atoms in total. The van der Waals surface area contributed by atoms with Gasteiger partial charge in [0.15, 0.2) is 0 Å². The molecule has 0 aliphatic carbocycles. The van der Waals surface area contributed by atoms with E-state index in [0.717, 1.165) is 12.8 Å². The summed E-state index contributed by atoms with van der Waals surface area (Å²) in [6.45, 7) is 10.2. The third-order valence-electron chi connectivity index (χ3n) is 2.56. The van der Waals surface area contributed by atoms with Gasteiger partial charge in [0.1, 0.15) is 0 Å². The van der Waals surface area contributed by atoms with Crippen molar-refractivity contribution >= 4 is 5.97 Å². The largest absolute Gasteiger partial charge is 0.640 e. The molecule has 0 saturated carbocycles. The van der Waals surface area contributed by atoms with Crippen LogP contribution in [0, 0.1) is 17.9 Å². The Labute approximate surface area is 81.7 Å². The first-order valence-corrected chi connectivity index (χ1v) is 4.71. The molecule has 0 fully saturated rings. The number of ether oxygens (including phenoxy) is 1. The number of hydrogen-bond acceptors (Lipinski definition) is 2. The summed E-state index contributed by atoms with van der Waals surface area (Å²) in [6.07, 6.45) is 1.88. The van der Waals surface area contributed by atoms with Crippen molar-refractivity contribution in [2.75, 3.05) is 0 Å². The summed E-state index contributed by atoms with van der Waals surface area (Å²) in [4.78, 5) is 11.3. The van der Waals surface area contributed by atoms with Crippen molar-refractivity contribution in [3.8, 4) is 0 Å². The Morgan fingerprint density at radius 3 is 2.00 bits per heavy atom. The van der Waals surface area contributed by atoms with Crippen molar-refractivity contribution in [2.24, 2.45) is 10.8 Å². The molecule has 0 amide bonds. The minimum absolute atomic E-state index is 0. The number of hydrogen-bond donors (Lipinski definition) is 0. The van der Waals surface area contributed by atoms with E-state index >= 15 is 0 Å². The maximum Gasteiger partial charge on any atom is 0.279 e. The average Bonchev–Trinajstić information content (AvgIpc) is 2.01. The van der Waals surface area contributed by atoms with Gasteiger partial charge >= 0.3 is 0 Å². The van der Waals surface area contributed by atoms with Crippen molar-refractivity contribution in [3.05, 3.63) is 7.11 Å². The second kappa shape index (κ2) is 4.64. The standard InChI is InChI=1S/C11H21O2.Rf/c1-7-10(2,3)8-11(4,5)9(12)13-6;/h6-8H2,1-5H3;/q-1;. The fourth-order valence-electron chi connectivity index (χ4n) is 1.59. The van der Waals surface area contributed by atoms with Crippen LogP contribution in [-0.4, -0.2) is 5.97 Å². The third kappa shape index (κ3) is 3.92. The smallest absolute Gasteiger partial charge is 0.279 e. The van der Waals surface area contributed by atoms with Crippen LogP contribution in [0.5, 0.6) is 0 Å². The van der Waals surface area contributed by atoms with Gasteiger partial charge in [0.2, 0.25) is 0 Å². The molecule has 0 aromatic rings. The second-order valence-electron chi connectivity index (χ2n) is 5.01. The fraction of sp³-hybridized carbons (Fsp3) is 0.818. The molecule has 80 valence electrons. The molecule has 0 aliphatic heterocycles. The molecule has 0 rings (SSSR count). The molecule has 0 unspecified atom stereocenters. The zero-order valence-corrected chi connectivity index (χ0v) is 16.5. The summed E-state index contributed by atoms with van der Waals surface area (Å²) in [6, 6.07) is 0. The molecule has 0 bridgehead atoms. The summed E-state index contributed by atoms with van der Waals surface area (Å²) >= 11 is 0. The molecule has 0 atom stereocenters. The summed E-state index contributed by atoms with van der Waals surface area (Å²) < 4.78 is 4.52. The van der Waals surface area contributed by atoms with Crippen LogP contribution in [0.1, 0.15) is 47.5 Å². The topological polar surface area (TPSA) is 26.3 Å². The molecule has 0 spiro atoms. The normalized spacial score (nSPS) is 11.9. The van der Waals surface area contributed by atoms with Gasteiger partial charge < -0.3 is 4.74 Å². The van der Waals surface area contributed by atoms with Crippen molar-refractivity contribution in [1.29, 1.82) is 0 Å². The molecular formula is C11H21O2Rf-. The second-order valence-corrected chi connectivity index (χ2v) is 5.01. The van der Waals surface area contributed by atoms with Crippen LogP contribution >= 0.6 is 0 Å². The first kappa shape index (κ1) is 15.0. The Morgan fingerprint density at radius 2 is 1.71 bits per heavy atom. The fourth-order valence-corrected chi connectivity index (χ4v) is 1.59. The third-order valence-corrected chi connectivity index (χ3v) is 2.56. The van der Waals surface area contributed by atoms with E-state index in [9.17, 15) is 4.79 Å². The molecule has 0 radical (unpaired) electrons. The van der Waals surface area contributed by atoms with Gasteiger partial charge in [-0.05, 0) is 25.7 Å². The van der Waals surface area contributed by atoms with Gasteiger partial charge in [0, 0.05) is 0 Å². The molecule has 0 saturated heterocycles. The number of esters is 1. The quantitative estimate of drug-likeness (QED) is 0.484. The maximum atomic E-state index is 11.3. The molecule has 0 aromatic carbocycles. The monoisotopic (exact) mass is 452 g/mol. The Balaban J connectivity index is 0. The van der Waals surface area contributed by atoms with Gasteiger partial charge in [0.25, 0.3) is 5.97 Å². The van der Waals surface area contributed by atoms with Gasteiger partial charge in [-0.3, -0.25) is 4.79 Å². The molecule has 0 heterocycles. The maximum absolute atomic E-state index is 11.3. The Hall–Kier alpha value is -1.53. The zero-order chi connectivity index (χ0) is 10.7. The molecule has 0 aromatic heterocycles. The van der Waals surface area contributed by atoms with Crippen molar-refractivity contribution in [2.45, 2.75) is 47.5 Å². The van der Waals surface area contributed by atoms with Gasteiger partial charge in [-0.1, -0.05) is 27.2 Å². The van der Waals surface area contributed by atoms with Crippen LogP contribution < -0.4 is 0 Å². The Bertz CT molecular complexity index is 186. The molecule has 14 heavy (non-hydrogen) atoms. The van der Waals surface area contributed by atoms with E-state index in [4.69, 9.17) is 0 Å². The summed E-state index contributed by atoms with van der Waals surface area (Å²) in [5, 5.41) is 0. The number of carbonyl (C=O) groups is 1. The molecular weight excluding hydrogens is 431 g/mol. The van der Waals surface area contributed by atoms with Gasteiger partial charge in [-0.15, -0.1) is 0 Å². The Morgan fingerprint density at radius 1 is 1.29 bits per heavy atom. The van der Waals surface area contributed by atoms with Crippen LogP contribution in [0.15, 0.2) is 0 Å². The summed E-state index contributed by atoms with van der Waals surface area (Å²) in [7, 11) is 3.16. The molecule has 0 aliphatic rings. The van der Waals surface area contributed by atoms with E-state index in [1.165, 1.54) is 0 Å². The van der Waals surface area contributed by atoms with Crippen LogP contribution in [0.3, 0.4) is 0 Å². The minimum atomic E-state index is -0.429. The van der Waals surface area contributed by atoms with E-state index in [-0.39, 0.29) is 11.4 Å². The minimum Gasteiger partial charge on any atom is -0.640 e. The predicted molar refractivity (Wildman–Crippen MR) is 53.9 cm³/mol. The summed E-state index contributed by atoms with van der Waals surface area (Å²) in [5.41, 5.74) is -0.251. The van der Waals surface area contributed by atoms with Gasteiger partial charge in [-0.25, -0.2) is 0 Å². The SMILES string of the molecule is [CH2-]OC(=O)C(C)(C)CC(C)(C)CC.[Rf]. The van der Waals surface area contributed by atoms with Crippen molar-refractivity contribution in [1.82, 2.24) is 0 Å². The van der Waals surface area contributed by atoms with Gasteiger partial charge in [0.05, 0.1) is 5.41 Å². The van der Waals surface area contributed by atoms with Crippen LogP contribution in [0.4, 0.5) is 0 Å². The van der Waals surface area contributed by atoms with Crippen molar-refractivity contribution < 1.29 is 9.53 Å². The number of carbonyl (C=O) groups excluding carboxylic acids is 1. The average molecular weight is 452 g/mol. The number of rotatable bonds is 4. The van der Waals surface area contributed by atoms with E-state index in [1.807, 2.05) is 13.8 Å². The zero-order valence-electron chi connectivity index (χ0n) is 10.1. The van der Waals surface area contributed by atoms with E-state index in [0.29, 0.717) is 0 Å². The Kier molecular flexibility index (Phi) is 4.95. The van der Waals surface area contributed by atoms with Crippen LogP contribution in [-0.2, 0) is 9.53 Å². The first-order chi connectivity index (χ1) is 5.75. The van der Waals surface area contributed by atoms with E-state index in [1.54, 1.807) is 0 Å². The van der Waals surface area contributed by atoms with Crippen molar-refractivity contribution in [3.63, 3.8) is 0 Å². The van der Waals surface area contributed by atoms with Crippen LogP contribution in [0.2, 0.25) is 0 Å². The molecule has 3 heteroatoms. The first-order valence-electron chi connectivity index (χ1n) is 4.71.